The quantitative estimate of drug-likeness (QED) is 0.724. The Morgan fingerprint density at radius 3 is 2.70 bits per heavy atom. The molecule has 4 rings (SSSR count). The molecule has 0 aliphatic carbocycles. The van der Waals surface area contributed by atoms with Crippen LogP contribution in [0.25, 0.3) is 0 Å². The van der Waals surface area contributed by atoms with E-state index in [0.29, 0.717) is 38.7 Å². The van der Waals surface area contributed by atoms with E-state index in [9.17, 15) is 27.2 Å². The van der Waals surface area contributed by atoms with Gasteiger partial charge in [0.15, 0.2) is 0 Å². The minimum atomic E-state index is -4.57. The average molecular weight is 447 g/mol. The number of hydrogen-bond donors (Lipinski definition) is 1. The monoisotopic (exact) mass is 447 g/mol. The second-order valence-corrected chi connectivity index (χ2v) is 8.97. The van der Waals surface area contributed by atoms with Gasteiger partial charge in [-0.05, 0) is 24.1 Å². The largest absolute Gasteiger partial charge is 0.416 e. The van der Waals surface area contributed by atoms with Crippen molar-refractivity contribution in [1.29, 1.82) is 0 Å². The molecule has 1 aromatic rings. The number of hydrogen-bond acceptors (Lipinski definition) is 4. The number of morpholine rings is 1. The lowest BCUT2D eigenvalue weighted by atomic mass is 10.0. The minimum absolute atomic E-state index is 0.0552. The van der Waals surface area contributed by atoms with Gasteiger partial charge in [-0.1, -0.05) is 6.07 Å². The molecule has 3 aliphatic rings. The smallest absolute Gasteiger partial charge is 0.366 e. The van der Waals surface area contributed by atoms with Crippen molar-refractivity contribution in [3.8, 4) is 0 Å². The maximum Gasteiger partial charge on any atom is 0.416 e. The summed E-state index contributed by atoms with van der Waals surface area (Å²) in [6, 6.07) is 2.26. The van der Waals surface area contributed by atoms with E-state index in [1.54, 1.807) is 9.80 Å². The molecule has 1 N–H and O–H groups in total. The van der Waals surface area contributed by atoms with Crippen LogP contribution in [0.2, 0.25) is 0 Å². The molecule has 3 aliphatic heterocycles. The van der Waals surface area contributed by atoms with Crippen LogP contribution in [0.15, 0.2) is 18.2 Å². The molecular formula is C19H21F4N3O3S. The number of thioether (sulfide) groups is 1. The number of amides is 3. The fourth-order valence-corrected chi connectivity index (χ4v) is 5.04. The number of benzene rings is 1. The number of nitrogens with zero attached hydrogens (tertiary/aromatic N) is 2. The summed E-state index contributed by atoms with van der Waals surface area (Å²) in [5.41, 5.74) is -0.787. The van der Waals surface area contributed by atoms with E-state index in [1.165, 1.54) is 11.8 Å². The molecule has 0 saturated carbocycles. The molecule has 0 aromatic heterocycles. The van der Waals surface area contributed by atoms with Gasteiger partial charge in [-0.25, -0.2) is 9.18 Å². The Balaban J connectivity index is 1.23. The van der Waals surface area contributed by atoms with Crippen LogP contribution in [-0.4, -0.2) is 71.9 Å². The van der Waals surface area contributed by atoms with Crippen molar-refractivity contribution >= 4 is 23.7 Å². The van der Waals surface area contributed by atoms with Crippen molar-refractivity contribution in [2.24, 2.45) is 0 Å². The molecule has 2 atom stereocenters. The fraction of sp³-hybridized carbons (Fsp3) is 0.579. The Morgan fingerprint density at radius 1 is 1.23 bits per heavy atom. The first-order chi connectivity index (χ1) is 14.2. The number of rotatable bonds is 3. The first kappa shape index (κ1) is 21.2. The number of ether oxygens (including phenoxy) is 1. The number of halogens is 4. The summed E-state index contributed by atoms with van der Waals surface area (Å²) in [7, 11) is 0. The van der Waals surface area contributed by atoms with Crippen LogP contribution in [0.4, 0.5) is 22.4 Å². The van der Waals surface area contributed by atoms with Crippen molar-refractivity contribution in [3.05, 3.63) is 35.1 Å². The number of carbonyl (C=O) groups is 2. The zero-order chi connectivity index (χ0) is 21.5. The summed E-state index contributed by atoms with van der Waals surface area (Å²) < 4.78 is 57.3. The third-order valence-electron chi connectivity index (χ3n) is 5.57. The fourth-order valence-electron chi connectivity index (χ4n) is 3.82. The number of carbonyl (C=O) groups excluding carboxylic acids is 2. The highest BCUT2D eigenvalue weighted by atomic mass is 32.2. The van der Waals surface area contributed by atoms with Gasteiger partial charge in [0.05, 0.1) is 17.7 Å². The van der Waals surface area contributed by atoms with Gasteiger partial charge in [-0.2, -0.15) is 13.2 Å². The number of fused-ring (bicyclic) bond motifs is 1. The molecule has 11 heteroatoms. The zero-order valence-electron chi connectivity index (χ0n) is 16.0. The van der Waals surface area contributed by atoms with Gasteiger partial charge >= 0.3 is 12.2 Å². The highest BCUT2D eigenvalue weighted by Gasteiger charge is 2.40. The highest BCUT2D eigenvalue weighted by molar-refractivity contribution is 7.99. The van der Waals surface area contributed by atoms with Crippen LogP contribution in [0, 0.1) is 5.82 Å². The standard InChI is InChI=1S/C19H21F4N3O3S/c20-14-5-12(19(21,22)23)2-1-11(14)10-30-13-6-26(7-13)18(28)25-4-3-16-15(8-25)24-17(27)9-29-16/h1-2,5,13,15-16H,3-4,6-10H2,(H,24,27)/t15?,16-/m0/s1. The molecule has 30 heavy (non-hydrogen) atoms. The lowest BCUT2D eigenvalue weighted by Gasteiger charge is -2.46. The molecule has 1 aromatic carbocycles. The Morgan fingerprint density at radius 2 is 2.00 bits per heavy atom. The van der Waals surface area contributed by atoms with Gasteiger partial charge in [0.1, 0.15) is 12.4 Å². The van der Waals surface area contributed by atoms with E-state index < -0.39 is 17.6 Å². The number of urea groups is 1. The van der Waals surface area contributed by atoms with Crippen LogP contribution < -0.4 is 5.32 Å². The molecule has 1 unspecified atom stereocenters. The van der Waals surface area contributed by atoms with Crippen molar-refractivity contribution in [3.63, 3.8) is 0 Å². The molecule has 6 nitrogen and oxygen atoms in total. The number of alkyl halides is 3. The topological polar surface area (TPSA) is 61.9 Å². The zero-order valence-corrected chi connectivity index (χ0v) is 16.8. The van der Waals surface area contributed by atoms with Crippen molar-refractivity contribution in [2.45, 2.75) is 35.7 Å². The summed E-state index contributed by atoms with van der Waals surface area (Å²) in [6.45, 7) is 2.01. The molecule has 3 heterocycles. The maximum atomic E-state index is 13.9. The first-order valence-corrected chi connectivity index (χ1v) is 10.7. The van der Waals surface area contributed by atoms with Gasteiger partial charge < -0.3 is 19.9 Å². The Kier molecular flexibility index (Phi) is 5.84. The van der Waals surface area contributed by atoms with Gasteiger partial charge in [-0.15, -0.1) is 11.8 Å². The SMILES string of the molecule is O=C1CO[C@H]2CCN(C(=O)N3CC(SCc4ccc(C(F)(F)F)cc4F)C3)CC2N1. The van der Waals surface area contributed by atoms with Gasteiger partial charge in [0, 0.05) is 37.2 Å². The molecular weight excluding hydrogens is 426 g/mol. The number of nitrogens with one attached hydrogen (secondary N) is 1. The normalized spacial score (nSPS) is 24.9. The van der Waals surface area contributed by atoms with Crippen LogP contribution in [-0.2, 0) is 21.5 Å². The molecule has 0 spiro atoms. The molecule has 3 amide bonds. The van der Waals surface area contributed by atoms with E-state index in [2.05, 4.69) is 5.32 Å². The molecule has 3 fully saturated rings. The summed E-state index contributed by atoms with van der Waals surface area (Å²) in [5, 5.41) is 2.96. The van der Waals surface area contributed by atoms with Crippen LogP contribution >= 0.6 is 11.8 Å². The van der Waals surface area contributed by atoms with Gasteiger partial charge in [-0.3, -0.25) is 4.79 Å². The summed E-state index contributed by atoms with van der Waals surface area (Å²) in [5.74, 6) is -0.807. The molecule has 0 bridgehead atoms. The average Bonchev–Trinajstić information content (AvgIpc) is 2.66. The van der Waals surface area contributed by atoms with E-state index in [1.807, 2.05) is 0 Å². The van der Waals surface area contributed by atoms with Crippen molar-refractivity contribution < 1.29 is 31.9 Å². The van der Waals surface area contributed by atoms with E-state index >= 15 is 0 Å². The summed E-state index contributed by atoms with van der Waals surface area (Å²) in [6.07, 6.45) is -3.97. The summed E-state index contributed by atoms with van der Waals surface area (Å²) in [4.78, 5) is 27.5. The van der Waals surface area contributed by atoms with Crippen LogP contribution in [0.5, 0.6) is 0 Å². The van der Waals surface area contributed by atoms with Crippen molar-refractivity contribution in [2.75, 3.05) is 32.8 Å². The van der Waals surface area contributed by atoms with Gasteiger partial charge in [0.2, 0.25) is 5.91 Å². The minimum Gasteiger partial charge on any atom is -0.366 e. The lowest BCUT2D eigenvalue weighted by molar-refractivity contribution is -0.140. The van der Waals surface area contributed by atoms with E-state index in [-0.39, 0.29) is 47.3 Å². The molecule has 0 radical (unpaired) electrons. The Hall–Kier alpha value is -2.01. The number of piperidine rings is 1. The van der Waals surface area contributed by atoms with Crippen LogP contribution in [0.1, 0.15) is 17.5 Å². The van der Waals surface area contributed by atoms with Crippen molar-refractivity contribution in [1.82, 2.24) is 15.1 Å². The van der Waals surface area contributed by atoms with E-state index in [4.69, 9.17) is 4.74 Å². The maximum absolute atomic E-state index is 13.9. The summed E-state index contributed by atoms with van der Waals surface area (Å²) >= 11 is 1.42. The van der Waals surface area contributed by atoms with Crippen LogP contribution in [0.3, 0.4) is 0 Å². The lowest BCUT2D eigenvalue weighted by Crippen LogP contribution is -2.64. The second kappa shape index (κ2) is 8.26. The third kappa shape index (κ3) is 4.51. The predicted molar refractivity (Wildman–Crippen MR) is 101 cm³/mol. The highest BCUT2D eigenvalue weighted by Crippen LogP contribution is 2.32. The second-order valence-electron chi connectivity index (χ2n) is 7.68. The molecule has 164 valence electrons. The number of likely N-dealkylation sites (tertiary alicyclic amines) is 2. The third-order valence-corrected chi connectivity index (χ3v) is 6.82. The van der Waals surface area contributed by atoms with Gasteiger partial charge in [0.25, 0.3) is 0 Å². The Labute approximate surface area is 174 Å². The Bertz CT molecular complexity index is 832. The first-order valence-electron chi connectivity index (χ1n) is 9.63. The predicted octanol–water partition coefficient (Wildman–Crippen LogP) is 2.47. The molecule has 3 saturated heterocycles. The van der Waals surface area contributed by atoms with E-state index in [0.717, 1.165) is 12.1 Å².